The summed E-state index contributed by atoms with van der Waals surface area (Å²) < 4.78 is 5.08. The van der Waals surface area contributed by atoms with Crippen LogP contribution in [-0.4, -0.2) is 30.6 Å². The number of nitrogens with one attached hydrogen (secondary N) is 1. The monoisotopic (exact) mass is 340 g/mol. The molecule has 0 saturated carbocycles. The zero-order chi connectivity index (χ0) is 18.1. The van der Waals surface area contributed by atoms with Crippen molar-refractivity contribution in [1.82, 2.24) is 5.32 Å². The molecule has 25 heavy (non-hydrogen) atoms. The second kappa shape index (κ2) is 9.59. The van der Waals surface area contributed by atoms with Crippen molar-refractivity contribution in [2.75, 3.05) is 6.61 Å². The fraction of sp³-hybridized carbons (Fsp3) is 0.300. The number of carbonyl (C=O) groups is 2. The van der Waals surface area contributed by atoms with Crippen LogP contribution in [0.3, 0.4) is 0 Å². The predicted octanol–water partition coefficient (Wildman–Crippen LogP) is 1.85. The van der Waals surface area contributed by atoms with E-state index in [0.717, 1.165) is 11.1 Å². The molecule has 5 nitrogen and oxygen atoms in total. The highest BCUT2D eigenvalue weighted by Crippen LogP contribution is 2.06. The Hall–Kier alpha value is -2.66. The summed E-state index contributed by atoms with van der Waals surface area (Å²) in [6.07, 6.45) is 1.02. The SMILES string of the molecule is CC(=O)OC[C@H](Cc1ccccc1)NC(=O)[C@@H](N)Cc1ccccc1. The van der Waals surface area contributed by atoms with Gasteiger partial charge in [0.25, 0.3) is 0 Å². The molecule has 0 saturated heterocycles. The summed E-state index contributed by atoms with van der Waals surface area (Å²) in [5.41, 5.74) is 8.08. The lowest BCUT2D eigenvalue weighted by molar-refractivity contribution is -0.142. The first kappa shape index (κ1) is 18.7. The highest BCUT2D eigenvalue weighted by atomic mass is 16.5. The third kappa shape index (κ3) is 6.77. The Balaban J connectivity index is 1.96. The number of rotatable bonds is 8. The zero-order valence-corrected chi connectivity index (χ0v) is 14.4. The van der Waals surface area contributed by atoms with Crippen molar-refractivity contribution in [1.29, 1.82) is 0 Å². The molecule has 0 spiro atoms. The molecule has 5 heteroatoms. The molecule has 0 bridgehead atoms. The van der Waals surface area contributed by atoms with E-state index in [0.29, 0.717) is 12.8 Å². The summed E-state index contributed by atoms with van der Waals surface area (Å²) in [5, 5.41) is 2.90. The maximum atomic E-state index is 12.4. The number of hydrogen-bond acceptors (Lipinski definition) is 4. The molecule has 2 aromatic carbocycles. The smallest absolute Gasteiger partial charge is 0.302 e. The van der Waals surface area contributed by atoms with Gasteiger partial charge in [0.15, 0.2) is 0 Å². The van der Waals surface area contributed by atoms with Gasteiger partial charge in [-0.2, -0.15) is 0 Å². The Bertz CT molecular complexity index is 674. The van der Waals surface area contributed by atoms with Crippen molar-refractivity contribution in [2.45, 2.75) is 31.8 Å². The summed E-state index contributed by atoms with van der Waals surface area (Å²) in [6.45, 7) is 1.47. The summed E-state index contributed by atoms with van der Waals surface area (Å²) in [5.74, 6) is -0.627. The molecule has 0 aliphatic rings. The van der Waals surface area contributed by atoms with Crippen LogP contribution < -0.4 is 11.1 Å². The molecule has 0 unspecified atom stereocenters. The van der Waals surface area contributed by atoms with Gasteiger partial charge in [0.1, 0.15) is 6.61 Å². The van der Waals surface area contributed by atoms with Crippen molar-refractivity contribution >= 4 is 11.9 Å². The predicted molar refractivity (Wildman–Crippen MR) is 96.8 cm³/mol. The average Bonchev–Trinajstić information content (AvgIpc) is 2.61. The summed E-state index contributed by atoms with van der Waals surface area (Å²) in [7, 11) is 0. The minimum absolute atomic E-state index is 0.119. The lowest BCUT2D eigenvalue weighted by Gasteiger charge is -2.21. The Morgan fingerprint density at radius 3 is 2.00 bits per heavy atom. The van der Waals surface area contributed by atoms with Gasteiger partial charge in [-0.15, -0.1) is 0 Å². The largest absolute Gasteiger partial charge is 0.464 e. The van der Waals surface area contributed by atoms with Crippen molar-refractivity contribution in [3.8, 4) is 0 Å². The first-order valence-electron chi connectivity index (χ1n) is 8.31. The van der Waals surface area contributed by atoms with Gasteiger partial charge in [0.2, 0.25) is 5.91 Å². The van der Waals surface area contributed by atoms with Crippen LogP contribution >= 0.6 is 0 Å². The third-order valence-corrected chi connectivity index (χ3v) is 3.79. The third-order valence-electron chi connectivity index (χ3n) is 3.79. The number of esters is 1. The molecular weight excluding hydrogens is 316 g/mol. The van der Waals surface area contributed by atoms with Gasteiger partial charge >= 0.3 is 5.97 Å². The molecule has 0 fully saturated rings. The van der Waals surface area contributed by atoms with Crippen LogP contribution in [0.4, 0.5) is 0 Å². The average molecular weight is 340 g/mol. The minimum atomic E-state index is -0.655. The number of ether oxygens (including phenoxy) is 1. The lowest BCUT2D eigenvalue weighted by Crippen LogP contribution is -2.48. The second-order valence-electron chi connectivity index (χ2n) is 5.99. The van der Waals surface area contributed by atoms with Crippen molar-refractivity contribution in [2.24, 2.45) is 5.73 Å². The first-order valence-corrected chi connectivity index (χ1v) is 8.31. The number of nitrogens with two attached hydrogens (primary N) is 1. The van der Waals surface area contributed by atoms with Crippen LogP contribution in [0.15, 0.2) is 60.7 Å². The van der Waals surface area contributed by atoms with Gasteiger partial charge in [0.05, 0.1) is 12.1 Å². The van der Waals surface area contributed by atoms with Gasteiger partial charge in [-0.05, 0) is 24.0 Å². The van der Waals surface area contributed by atoms with E-state index in [1.807, 2.05) is 60.7 Å². The number of amides is 1. The summed E-state index contributed by atoms with van der Waals surface area (Å²) in [4.78, 5) is 23.5. The number of benzene rings is 2. The van der Waals surface area contributed by atoms with Crippen molar-refractivity contribution < 1.29 is 14.3 Å². The van der Waals surface area contributed by atoms with Gasteiger partial charge in [0, 0.05) is 6.92 Å². The van der Waals surface area contributed by atoms with E-state index in [4.69, 9.17) is 10.5 Å². The van der Waals surface area contributed by atoms with Gasteiger partial charge in [-0.1, -0.05) is 60.7 Å². The summed E-state index contributed by atoms with van der Waals surface area (Å²) >= 11 is 0. The van der Waals surface area contributed by atoms with Gasteiger partial charge in [-0.3, -0.25) is 9.59 Å². The molecule has 0 heterocycles. The van der Waals surface area contributed by atoms with E-state index >= 15 is 0 Å². The molecule has 0 aromatic heterocycles. The molecular formula is C20H24N2O3. The zero-order valence-electron chi connectivity index (χ0n) is 14.4. The van der Waals surface area contributed by atoms with Crippen LogP contribution in [0.25, 0.3) is 0 Å². The van der Waals surface area contributed by atoms with E-state index < -0.39 is 6.04 Å². The maximum absolute atomic E-state index is 12.4. The van der Waals surface area contributed by atoms with Crippen LogP contribution in [0.2, 0.25) is 0 Å². The van der Waals surface area contributed by atoms with Crippen LogP contribution in [-0.2, 0) is 27.2 Å². The fourth-order valence-electron chi connectivity index (χ4n) is 2.54. The molecule has 0 radical (unpaired) electrons. The van der Waals surface area contributed by atoms with E-state index in [-0.39, 0.29) is 24.5 Å². The Kier molecular flexibility index (Phi) is 7.16. The first-order chi connectivity index (χ1) is 12.0. The quantitative estimate of drug-likeness (QED) is 0.719. The van der Waals surface area contributed by atoms with E-state index in [2.05, 4.69) is 5.32 Å². The van der Waals surface area contributed by atoms with Crippen LogP contribution in [0.5, 0.6) is 0 Å². The van der Waals surface area contributed by atoms with E-state index in [1.165, 1.54) is 6.92 Å². The normalized spacial score (nSPS) is 12.9. The highest BCUT2D eigenvalue weighted by molar-refractivity contribution is 5.82. The molecule has 0 aliphatic heterocycles. The Labute approximate surface area is 148 Å². The molecule has 1 amide bonds. The number of hydrogen-bond donors (Lipinski definition) is 2. The molecule has 2 aromatic rings. The minimum Gasteiger partial charge on any atom is -0.464 e. The Morgan fingerprint density at radius 2 is 1.48 bits per heavy atom. The molecule has 2 atom stereocenters. The Morgan fingerprint density at radius 1 is 0.960 bits per heavy atom. The highest BCUT2D eigenvalue weighted by Gasteiger charge is 2.20. The van der Waals surface area contributed by atoms with Crippen LogP contribution in [0.1, 0.15) is 18.1 Å². The molecule has 2 rings (SSSR count). The molecule has 3 N–H and O–H groups in total. The van der Waals surface area contributed by atoms with Crippen molar-refractivity contribution in [3.63, 3.8) is 0 Å². The van der Waals surface area contributed by atoms with E-state index in [1.54, 1.807) is 0 Å². The van der Waals surface area contributed by atoms with Crippen molar-refractivity contribution in [3.05, 3.63) is 71.8 Å². The summed E-state index contributed by atoms with van der Waals surface area (Å²) in [6, 6.07) is 18.4. The second-order valence-corrected chi connectivity index (χ2v) is 5.99. The standard InChI is InChI=1S/C20H24N2O3/c1-15(23)25-14-18(12-16-8-4-2-5-9-16)22-20(24)19(21)13-17-10-6-3-7-11-17/h2-11,18-19H,12-14,21H2,1H3,(H,22,24)/t18-,19-/m0/s1. The maximum Gasteiger partial charge on any atom is 0.302 e. The topological polar surface area (TPSA) is 81.4 Å². The lowest BCUT2D eigenvalue weighted by atomic mass is 10.0. The fourth-order valence-corrected chi connectivity index (χ4v) is 2.54. The molecule has 0 aliphatic carbocycles. The van der Waals surface area contributed by atoms with Gasteiger partial charge < -0.3 is 15.8 Å². The van der Waals surface area contributed by atoms with Crippen LogP contribution in [0, 0.1) is 0 Å². The number of carbonyl (C=O) groups excluding carboxylic acids is 2. The van der Waals surface area contributed by atoms with E-state index in [9.17, 15) is 9.59 Å². The molecule has 132 valence electrons. The van der Waals surface area contributed by atoms with Gasteiger partial charge in [-0.25, -0.2) is 0 Å².